The lowest BCUT2D eigenvalue weighted by Crippen LogP contribution is -2.29. The van der Waals surface area contributed by atoms with Gasteiger partial charge in [-0.15, -0.1) is 0 Å². The van der Waals surface area contributed by atoms with Gasteiger partial charge in [-0.2, -0.15) is 5.10 Å². The first-order chi connectivity index (χ1) is 9.52. The average Bonchev–Trinajstić information content (AvgIpc) is 2.79. The van der Waals surface area contributed by atoms with Crippen LogP contribution in [0, 0.1) is 0 Å². The van der Waals surface area contributed by atoms with E-state index >= 15 is 0 Å². The number of aryl methyl sites for hydroxylation is 1. The van der Waals surface area contributed by atoms with Crippen molar-refractivity contribution in [3.05, 3.63) is 46.2 Å². The van der Waals surface area contributed by atoms with Crippen LogP contribution >= 0.6 is 15.9 Å². The minimum Gasteiger partial charge on any atom is -0.396 e. The molecule has 2 aromatic rings. The van der Waals surface area contributed by atoms with Crippen LogP contribution in [-0.4, -0.2) is 27.6 Å². The zero-order valence-electron chi connectivity index (χ0n) is 11.5. The summed E-state index contributed by atoms with van der Waals surface area (Å²) in [5.41, 5.74) is 7.75. The number of anilines is 1. The van der Waals surface area contributed by atoms with Crippen molar-refractivity contribution in [3.8, 4) is 0 Å². The lowest BCUT2D eigenvalue weighted by Gasteiger charge is -2.18. The largest absolute Gasteiger partial charge is 0.396 e. The molecule has 0 saturated carbocycles. The second-order valence-electron chi connectivity index (χ2n) is 4.56. The quantitative estimate of drug-likeness (QED) is 0.932. The number of aromatic nitrogens is 2. The van der Waals surface area contributed by atoms with E-state index in [4.69, 9.17) is 5.73 Å². The fraction of sp³-hybridized carbons (Fsp3) is 0.286. The van der Waals surface area contributed by atoms with E-state index in [0.29, 0.717) is 24.5 Å². The summed E-state index contributed by atoms with van der Waals surface area (Å²) < 4.78 is 2.61. The van der Waals surface area contributed by atoms with Crippen molar-refractivity contribution in [2.24, 2.45) is 0 Å². The number of halogens is 1. The van der Waals surface area contributed by atoms with Gasteiger partial charge in [0.25, 0.3) is 5.91 Å². The smallest absolute Gasteiger partial charge is 0.274 e. The molecule has 0 radical (unpaired) electrons. The van der Waals surface area contributed by atoms with Crippen LogP contribution in [0.2, 0.25) is 0 Å². The molecule has 20 heavy (non-hydrogen) atoms. The second-order valence-corrected chi connectivity index (χ2v) is 5.47. The number of carbonyl (C=O) groups is 1. The van der Waals surface area contributed by atoms with Crippen LogP contribution in [0.3, 0.4) is 0 Å². The molecule has 1 amide bonds. The van der Waals surface area contributed by atoms with Gasteiger partial charge in [-0.3, -0.25) is 9.48 Å². The van der Waals surface area contributed by atoms with Crippen molar-refractivity contribution < 1.29 is 4.79 Å². The molecule has 0 saturated heterocycles. The molecule has 0 aliphatic carbocycles. The molecule has 0 aliphatic rings. The first-order valence-corrected chi connectivity index (χ1v) is 7.13. The Bertz CT molecular complexity index is 623. The standard InChI is InChI=1S/C14H17BrN4O/c1-3-19-13(12(16)8-17-19)14(20)18(2)9-10-5-4-6-11(15)7-10/h4-8H,3,9,16H2,1-2H3. The van der Waals surface area contributed by atoms with Gasteiger partial charge in [0.05, 0.1) is 11.9 Å². The normalized spacial score (nSPS) is 10.6. The predicted molar refractivity (Wildman–Crippen MR) is 82.3 cm³/mol. The van der Waals surface area contributed by atoms with E-state index in [1.165, 1.54) is 6.20 Å². The summed E-state index contributed by atoms with van der Waals surface area (Å²) in [6.45, 7) is 3.06. The van der Waals surface area contributed by atoms with E-state index in [9.17, 15) is 4.79 Å². The molecule has 1 aromatic heterocycles. The summed E-state index contributed by atoms with van der Waals surface area (Å²) in [5.74, 6) is -0.123. The highest BCUT2D eigenvalue weighted by Gasteiger charge is 2.20. The number of amides is 1. The van der Waals surface area contributed by atoms with E-state index in [0.717, 1.165) is 10.0 Å². The van der Waals surface area contributed by atoms with Crippen LogP contribution in [0.4, 0.5) is 5.69 Å². The molecular formula is C14H17BrN4O. The number of rotatable bonds is 4. The summed E-state index contributed by atoms with van der Waals surface area (Å²) in [5, 5.41) is 4.10. The first kappa shape index (κ1) is 14.6. The highest BCUT2D eigenvalue weighted by atomic mass is 79.9. The van der Waals surface area contributed by atoms with Crippen LogP contribution in [0.25, 0.3) is 0 Å². The molecule has 0 unspecified atom stereocenters. The summed E-state index contributed by atoms with van der Waals surface area (Å²) in [6.07, 6.45) is 1.52. The summed E-state index contributed by atoms with van der Waals surface area (Å²) in [4.78, 5) is 14.1. The van der Waals surface area contributed by atoms with Crippen molar-refractivity contribution in [2.75, 3.05) is 12.8 Å². The predicted octanol–water partition coefficient (Wildman–Crippen LogP) is 2.52. The van der Waals surface area contributed by atoms with Gasteiger partial charge in [0.15, 0.2) is 0 Å². The first-order valence-electron chi connectivity index (χ1n) is 6.34. The van der Waals surface area contributed by atoms with Crippen molar-refractivity contribution in [1.29, 1.82) is 0 Å². The topological polar surface area (TPSA) is 64.2 Å². The maximum atomic E-state index is 12.5. The van der Waals surface area contributed by atoms with Gasteiger partial charge in [0.2, 0.25) is 0 Å². The van der Waals surface area contributed by atoms with Gasteiger partial charge < -0.3 is 10.6 Å². The molecule has 0 fully saturated rings. The number of nitrogens with zero attached hydrogens (tertiary/aromatic N) is 3. The Balaban J connectivity index is 2.18. The van der Waals surface area contributed by atoms with Gasteiger partial charge in [0.1, 0.15) is 5.69 Å². The Labute approximate surface area is 126 Å². The van der Waals surface area contributed by atoms with Gasteiger partial charge in [0, 0.05) is 24.6 Å². The summed E-state index contributed by atoms with van der Waals surface area (Å²) >= 11 is 3.42. The second kappa shape index (κ2) is 6.09. The zero-order valence-corrected chi connectivity index (χ0v) is 13.1. The molecule has 5 nitrogen and oxygen atoms in total. The van der Waals surface area contributed by atoms with E-state index in [1.54, 1.807) is 16.6 Å². The third-order valence-electron chi connectivity index (χ3n) is 3.03. The molecule has 2 N–H and O–H groups in total. The molecule has 0 spiro atoms. The van der Waals surface area contributed by atoms with E-state index < -0.39 is 0 Å². The number of hydrogen-bond donors (Lipinski definition) is 1. The van der Waals surface area contributed by atoms with Crippen LogP contribution in [0.5, 0.6) is 0 Å². The molecule has 1 heterocycles. The Hall–Kier alpha value is -1.82. The Morgan fingerprint density at radius 2 is 2.25 bits per heavy atom. The maximum absolute atomic E-state index is 12.5. The fourth-order valence-corrected chi connectivity index (χ4v) is 2.48. The van der Waals surface area contributed by atoms with Gasteiger partial charge in [-0.05, 0) is 24.6 Å². The van der Waals surface area contributed by atoms with Crippen LogP contribution in [-0.2, 0) is 13.1 Å². The molecule has 0 bridgehead atoms. The van der Waals surface area contributed by atoms with E-state index in [-0.39, 0.29) is 5.91 Å². The highest BCUT2D eigenvalue weighted by molar-refractivity contribution is 9.10. The van der Waals surface area contributed by atoms with Gasteiger partial charge in [-0.1, -0.05) is 28.1 Å². The van der Waals surface area contributed by atoms with Crippen LogP contribution in [0.15, 0.2) is 34.9 Å². The SMILES string of the molecule is CCn1ncc(N)c1C(=O)N(C)Cc1cccc(Br)c1. The van der Waals surface area contributed by atoms with Crippen molar-refractivity contribution >= 4 is 27.5 Å². The number of carbonyl (C=O) groups excluding carboxylic acids is 1. The monoisotopic (exact) mass is 336 g/mol. The Morgan fingerprint density at radius 3 is 2.90 bits per heavy atom. The molecule has 0 atom stereocenters. The molecule has 1 aromatic carbocycles. The number of nitrogens with two attached hydrogens (primary N) is 1. The Morgan fingerprint density at radius 1 is 1.50 bits per heavy atom. The Kier molecular flexibility index (Phi) is 4.44. The maximum Gasteiger partial charge on any atom is 0.274 e. The van der Waals surface area contributed by atoms with Gasteiger partial charge in [-0.25, -0.2) is 0 Å². The molecule has 6 heteroatoms. The third kappa shape index (κ3) is 3.01. The minimum atomic E-state index is -0.123. The van der Waals surface area contributed by atoms with Gasteiger partial charge >= 0.3 is 0 Å². The summed E-state index contributed by atoms with van der Waals surface area (Å²) in [7, 11) is 1.76. The average molecular weight is 337 g/mol. The van der Waals surface area contributed by atoms with Crippen LogP contribution < -0.4 is 5.73 Å². The highest BCUT2D eigenvalue weighted by Crippen LogP contribution is 2.16. The molecule has 0 aliphatic heterocycles. The number of benzene rings is 1. The zero-order chi connectivity index (χ0) is 14.7. The third-order valence-corrected chi connectivity index (χ3v) is 3.52. The lowest BCUT2D eigenvalue weighted by atomic mass is 10.2. The number of nitrogen functional groups attached to an aromatic ring is 1. The summed E-state index contributed by atoms with van der Waals surface area (Å²) in [6, 6.07) is 7.87. The van der Waals surface area contributed by atoms with E-state index in [2.05, 4.69) is 21.0 Å². The minimum absolute atomic E-state index is 0.123. The fourth-order valence-electron chi connectivity index (χ4n) is 2.04. The number of hydrogen-bond acceptors (Lipinski definition) is 3. The van der Waals surface area contributed by atoms with E-state index in [1.807, 2.05) is 31.2 Å². The van der Waals surface area contributed by atoms with Crippen molar-refractivity contribution in [2.45, 2.75) is 20.0 Å². The van der Waals surface area contributed by atoms with Crippen molar-refractivity contribution in [1.82, 2.24) is 14.7 Å². The molecule has 2 rings (SSSR count). The molecule has 106 valence electrons. The van der Waals surface area contributed by atoms with Crippen molar-refractivity contribution in [3.63, 3.8) is 0 Å². The molecular weight excluding hydrogens is 320 g/mol. The lowest BCUT2D eigenvalue weighted by molar-refractivity contribution is 0.0774. The van der Waals surface area contributed by atoms with Crippen LogP contribution in [0.1, 0.15) is 23.0 Å².